The minimum absolute atomic E-state index is 0.0379. The predicted octanol–water partition coefficient (Wildman–Crippen LogP) is 7.40. The smallest absolute Gasteiger partial charge is 0.416 e. The van der Waals surface area contributed by atoms with Crippen molar-refractivity contribution in [3.63, 3.8) is 0 Å². The summed E-state index contributed by atoms with van der Waals surface area (Å²) in [6.45, 7) is 0.0858. The third-order valence-electron chi connectivity index (χ3n) is 5.02. The molecule has 12 heteroatoms. The van der Waals surface area contributed by atoms with Gasteiger partial charge in [0.2, 0.25) is 5.75 Å². The third kappa shape index (κ3) is 5.60. The highest BCUT2D eigenvalue weighted by Crippen LogP contribution is 2.40. The van der Waals surface area contributed by atoms with Crippen molar-refractivity contribution in [2.45, 2.75) is 12.7 Å². The topological polar surface area (TPSA) is 89.7 Å². The van der Waals surface area contributed by atoms with Gasteiger partial charge in [-0.05, 0) is 53.7 Å². The lowest BCUT2D eigenvalue weighted by atomic mass is 10.1. The second-order valence-electron chi connectivity index (χ2n) is 7.48. The van der Waals surface area contributed by atoms with Crippen LogP contribution < -0.4 is 4.74 Å². The molecule has 0 spiro atoms. The summed E-state index contributed by atoms with van der Waals surface area (Å²) >= 11 is 4.02. The van der Waals surface area contributed by atoms with Crippen molar-refractivity contribution >= 4 is 50.6 Å². The molecule has 184 valence electrons. The molecule has 7 nitrogen and oxygen atoms in total. The van der Waals surface area contributed by atoms with Gasteiger partial charge in [0, 0.05) is 16.1 Å². The quantitative estimate of drug-likeness (QED) is 0.172. The van der Waals surface area contributed by atoms with E-state index in [-0.39, 0.29) is 22.8 Å². The van der Waals surface area contributed by atoms with Gasteiger partial charge in [0.25, 0.3) is 11.1 Å². The van der Waals surface area contributed by atoms with Gasteiger partial charge >= 0.3 is 11.9 Å². The van der Waals surface area contributed by atoms with Gasteiger partial charge in [0.05, 0.1) is 21.9 Å². The number of nitro groups is 1. The van der Waals surface area contributed by atoms with E-state index in [1.165, 1.54) is 12.1 Å². The van der Waals surface area contributed by atoms with Gasteiger partial charge in [-0.25, -0.2) is 0 Å². The molecule has 2 amide bonds. The summed E-state index contributed by atoms with van der Waals surface area (Å²) in [5, 5.41) is 11.0. The number of nitro benzene ring substituents is 1. The standard InChI is InChI=1S/C24H14BrF3N2O5S/c25-17-7-9-19(35-20-8-6-16(24(26,27)28)12-18(20)30(33)34)15(10-17)11-21-22(31)29(23(32)36-21)13-14-4-2-1-3-5-14/h1-12H,13H2/b21-11-. The molecule has 0 radical (unpaired) electrons. The minimum Gasteiger partial charge on any atom is -0.449 e. The molecule has 36 heavy (non-hydrogen) atoms. The lowest BCUT2D eigenvalue weighted by Gasteiger charge is -2.13. The Kier molecular flexibility index (Phi) is 7.18. The van der Waals surface area contributed by atoms with Crippen molar-refractivity contribution < 1.29 is 32.4 Å². The summed E-state index contributed by atoms with van der Waals surface area (Å²) in [7, 11) is 0. The van der Waals surface area contributed by atoms with Crippen LogP contribution in [0.1, 0.15) is 16.7 Å². The van der Waals surface area contributed by atoms with Crippen LogP contribution in [0.4, 0.5) is 23.7 Å². The molecule has 0 unspecified atom stereocenters. The summed E-state index contributed by atoms with van der Waals surface area (Å²) in [6, 6.07) is 15.4. The van der Waals surface area contributed by atoms with Gasteiger partial charge in [0.15, 0.2) is 0 Å². The molecule has 1 aliphatic heterocycles. The molecule has 0 atom stereocenters. The van der Waals surface area contributed by atoms with Gasteiger partial charge in [-0.2, -0.15) is 13.2 Å². The molecule has 0 aliphatic carbocycles. The van der Waals surface area contributed by atoms with Crippen LogP contribution >= 0.6 is 27.7 Å². The summed E-state index contributed by atoms with van der Waals surface area (Å²) in [6.07, 6.45) is -3.37. The number of thioether (sulfide) groups is 1. The maximum atomic E-state index is 13.0. The Hall–Kier alpha value is -3.64. The number of amides is 2. The van der Waals surface area contributed by atoms with E-state index in [0.717, 1.165) is 28.3 Å². The molecule has 3 aromatic rings. The SMILES string of the molecule is O=C1S/C(=C\c2cc(Br)ccc2Oc2ccc(C(F)(F)F)cc2[N+](=O)[O-])C(=O)N1Cc1ccccc1. The Morgan fingerprint density at radius 1 is 1.03 bits per heavy atom. The number of nitrogens with zero attached hydrogens (tertiary/aromatic N) is 2. The monoisotopic (exact) mass is 578 g/mol. The van der Waals surface area contributed by atoms with Crippen molar-refractivity contribution in [1.82, 2.24) is 4.90 Å². The summed E-state index contributed by atoms with van der Waals surface area (Å²) < 4.78 is 45.3. The molecule has 4 rings (SSSR count). The number of halogens is 4. The normalized spacial score (nSPS) is 15.0. The minimum atomic E-state index is -4.77. The lowest BCUT2D eigenvalue weighted by molar-refractivity contribution is -0.385. The molecule has 0 bridgehead atoms. The number of benzene rings is 3. The van der Waals surface area contributed by atoms with Gasteiger partial charge in [-0.3, -0.25) is 24.6 Å². The summed E-state index contributed by atoms with van der Waals surface area (Å²) in [4.78, 5) is 37.0. The number of carbonyl (C=O) groups is 2. The zero-order valence-corrected chi connectivity index (χ0v) is 20.4. The van der Waals surface area contributed by atoms with Crippen LogP contribution in [0.5, 0.6) is 11.5 Å². The maximum Gasteiger partial charge on any atom is 0.416 e. The molecular formula is C24H14BrF3N2O5S. The van der Waals surface area contributed by atoms with Crippen molar-refractivity contribution in [2.75, 3.05) is 0 Å². The maximum absolute atomic E-state index is 13.0. The van der Waals surface area contributed by atoms with Crippen LogP contribution in [0.15, 0.2) is 76.1 Å². The van der Waals surface area contributed by atoms with E-state index in [4.69, 9.17) is 4.74 Å². The average Bonchev–Trinajstić information content (AvgIpc) is 3.08. The van der Waals surface area contributed by atoms with Gasteiger partial charge in [0.1, 0.15) is 5.75 Å². The molecule has 1 aliphatic rings. The van der Waals surface area contributed by atoms with Crippen molar-refractivity contribution in [1.29, 1.82) is 0 Å². The van der Waals surface area contributed by atoms with Crippen molar-refractivity contribution in [2.24, 2.45) is 0 Å². The van der Waals surface area contributed by atoms with Gasteiger partial charge in [-0.1, -0.05) is 46.3 Å². The van der Waals surface area contributed by atoms with E-state index in [2.05, 4.69) is 15.9 Å². The molecular weight excluding hydrogens is 565 g/mol. The van der Waals surface area contributed by atoms with Crippen LogP contribution in [0.2, 0.25) is 0 Å². The molecule has 0 N–H and O–H groups in total. The zero-order chi connectivity index (χ0) is 26.0. The Morgan fingerprint density at radius 3 is 2.39 bits per heavy atom. The third-order valence-corrected chi connectivity index (χ3v) is 6.42. The molecule has 0 aromatic heterocycles. The first kappa shape index (κ1) is 25.5. The van der Waals surface area contributed by atoms with E-state index in [1.807, 2.05) is 6.07 Å². The first-order valence-electron chi connectivity index (χ1n) is 10.2. The number of rotatable bonds is 6. The fourth-order valence-electron chi connectivity index (χ4n) is 3.31. The van der Waals surface area contributed by atoms with Gasteiger partial charge < -0.3 is 4.74 Å². The first-order valence-corrected chi connectivity index (χ1v) is 11.8. The highest BCUT2D eigenvalue weighted by atomic mass is 79.9. The Balaban J connectivity index is 1.66. The van der Waals surface area contributed by atoms with E-state index in [9.17, 15) is 32.9 Å². The first-order chi connectivity index (χ1) is 17.0. The van der Waals surface area contributed by atoms with E-state index >= 15 is 0 Å². The van der Waals surface area contributed by atoms with E-state index < -0.39 is 39.2 Å². The summed E-state index contributed by atoms with van der Waals surface area (Å²) in [5.74, 6) is -0.904. The van der Waals surface area contributed by atoms with Crippen LogP contribution in [0.3, 0.4) is 0 Å². The Bertz CT molecular complexity index is 1400. The Morgan fingerprint density at radius 2 is 1.72 bits per heavy atom. The largest absolute Gasteiger partial charge is 0.449 e. The fraction of sp³-hybridized carbons (Fsp3) is 0.0833. The van der Waals surface area contributed by atoms with Crippen LogP contribution in [0, 0.1) is 10.1 Å². The average molecular weight is 579 g/mol. The number of hydrogen-bond donors (Lipinski definition) is 0. The molecule has 1 fully saturated rings. The van der Waals surface area contributed by atoms with Crippen LogP contribution in [-0.4, -0.2) is 21.0 Å². The number of carbonyl (C=O) groups excluding carboxylic acids is 2. The Labute approximate surface area is 214 Å². The number of hydrogen-bond acceptors (Lipinski definition) is 6. The predicted molar refractivity (Wildman–Crippen MR) is 130 cm³/mol. The van der Waals surface area contributed by atoms with Gasteiger partial charge in [-0.15, -0.1) is 0 Å². The highest BCUT2D eigenvalue weighted by Gasteiger charge is 2.36. The second kappa shape index (κ2) is 10.2. The van der Waals surface area contributed by atoms with Crippen LogP contribution in [-0.2, 0) is 17.5 Å². The van der Waals surface area contributed by atoms with E-state index in [0.29, 0.717) is 16.6 Å². The highest BCUT2D eigenvalue weighted by molar-refractivity contribution is 9.10. The second-order valence-corrected chi connectivity index (χ2v) is 9.38. The van der Waals surface area contributed by atoms with Crippen molar-refractivity contribution in [3.05, 3.63) is 103 Å². The number of alkyl halides is 3. The molecule has 0 saturated carbocycles. The molecule has 1 heterocycles. The lowest BCUT2D eigenvalue weighted by Crippen LogP contribution is -2.27. The van der Waals surface area contributed by atoms with Crippen molar-refractivity contribution in [3.8, 4) is 11.5 Å². The number of ether oxygens (including phenoxy) is 1. The summed E-state index contributed by atoms with van der Waals surface area (Å²) in [5.41, 5.74) is -1.02. The zero-order valence-electron chi connectivity index (χ0n) is 18.0. The number of imide groups is 1. The molecule has 1 saturated heterocycles. The van der Waals surface area contributed by atoms with Crippen LogP contribution in [0.25, 0.3) is 6.08 Å². The fourth-order valence-corrected chi connectivity index (χ4v) is 4.52. The molecule has 3 aromatic carbocycles. The van der Waals surface area contributed by atoms with E-state index in [1.54, 1.807) is 36.4 Å².